The summed E-state index contributed by atoms with van der Waals surface area (Å²) in [7, 11) is 1.44. The summed E-state index contributed by atoms with van der Waals surface area (Å²) >= 11 is 0. The molecule has 0 aliphatic rings. The Bertz CT molecular complexity index is 540. The third-order valence-electron chi connectivity index (χ3n) is 2.24. The molecule has 1 rings (SSSR count). The highest BCUT2D eigenvalue weighted by molar-refractivity contribution is 5.94. The summed E-state index contributed by atoms with van der Waals surface area (Å²) in [5.41, 5.74) is -0.299. The molecule has 18 heavy (non-hydrogen) atoms. The fourth-order valence-electron chi connectivity index (χ4n) is 1.38. The molecule has 0 fully saturated rings. The molecule has 98 valence electrons. The summed E-state index contributed by atoms with van der Waals surface area (Å²) in [6.07, 6.45) is 0. The number of carbonyl (C=O) groups is 2. The van der Waals surface area contributed by atoms with E-state index >= 15 is 0 Å². The monoisotopic (exact) mass is 254 g/mol. The average molecular weight is 254 g/mol. The fourth-order valence-corrected chi connectivity index (χ4v) is 1.38. The summed E-state index contributed by atoms with van der Waals surface area (Å²) < 4.78 is 14.9. The lowest BCUT2D eigenvalue weighted by atomic mass is 10.2. The van der Waals surface area contributed by atoms with Gasteiger partial charge in [-0.05, 0) is 6.92 Å². The van der Waals surface area contributed by atoms with Crippen molar-refractivity contribution in [1.29, 1.82) is 0 Å². The van der Waals surface area contributed by atoms with E-state index in [2.05, 4.69) is 0 Å². The summed E-state index contributed by atoms with van der Waals surface area (Å²) in [5.74, 6) is -1.59. The summed E-state index contributed by atoms with van der Waals surface area (Å²) in [4.78, 5) is 34.3. The minimum Gasteiger partial charge on any atom is -0.451 e. The first-order valence-electron chi connectivity index (χ1n) is 5.23. The van der Waals surface area contributed by atoms with Crippen molar-refractivity contribution in [3.8, 4) is 5.75 Å². The number of carbonyl (C=O) groups excluding carboxylic acids is 2. The highest BCUT2D eigenvalue weighted by atomic mass is 16.5. The van der Waals surface area contributed by atoms with Crippen LogP contribution in [0.25, 0.3) is 0 Å². The van der Waals surface area contributed by atoms with Crippen LogP contribution in [-0.2, 0) is 16.1 Å². The molecule has 0 atom stereocenters. The van der Waals surface area contributed by atoms with Gasteiger partial charge in [-0.15, -0.1) is 0 Å². The second-order valence-electron chi connectivity index (χ2n) is 3.72. The molecule has 0 amide bonds. The van der Waals surface area contributed by atoms with E-state index in [-0.39, 0.29) is 29.4 Å². The Morgan fingerprint density at radius 2 is 1.89 bits per heavy atom. The smallest absolute Gasteiger partial charge is 0.308 e. The zero-order chi connectivity index (χ0) is 13.9. The molecule has 1 heterocycles. The van der Waals surface area contributed by atoms with Crippen LogP contribution in [0.4, 0.5) is 0 Å². The molecule has 0 saturated carbocycles. The minimum absolute atomic E-state index is 0.0572. The summed E-state index contributed by atoms with van der Waals surface area (Å²) in [6.45, 7) is 3.93. The van der Waals surface area contributed by atoms with Crippen LogP contribution in [0.3, 0.4) is 0 Å². The molecular weight excluding hydrogens is 240 g/mol. The normalized spacial score (nSPS) is 10.2. The van der Waals surface area contributed by atoms with E-state index < -0.39 is 17.2 Å². The van der Waals surface area contributed by atoms with Gasteiger partial charge in [0.2, 0.25) is 16.9 Å². The quantitative estimate of drug-likeness (QED) is 0.593. The molecule has 0 saturated heterocycles. The average Bonchev–Trinajstić information content (AvgIpc) is 2.28. The van der Waals surface area contributed by atoms with Gasteiger partial charge in [0.05, 0.1) is 0 Å². The van der Waals surface area contributed by atoms with Gasteiger partial charge in [-0.2, -0.15) is 0 Å². The van der Waals surface area contributed by atoms with E-state index in [1.54, 1.807) is 0 Å². The van der Waals surface area contributed by atoms with Gasteiger partial charge in [0.25, 0.3) is 0 Å². The Hall–Kier alpha value is -1.95. The maximum Gasteiger partial charge on any atom is 0.308 e. The van der Waals surface area contributed by atoms with E-state index in [1.165, 1.54) is 21.0 Å². The van der Waals surface area contributed by atoms with Crippen LogP contribution in [0.1, 0.15) is 35.7 Å². The third-order valence-corrected chi connectivity index (χ3v) is 2.24. The molecule has 0 aliphatic carbocycles. The van der Waals surface area contributed by atoms with Crippen molar-refractivity contribution in [2.45, 2.75) is 27.4 Å². The van der Waals surface area contributed by atoms with Crippen molar-refractivity contribution >= 4 is 11.8 Å². The Kier molecular flexibility index (Phi) is 4.38. The SMILES string of the molecule is COCc1oc(C(C)=O)c(OC(C)=O)c(=O)c1C. The van der Waals surface area contributed by atoms with Gasteiger partial charge in [-0.1, -0.05) is 0 Å². The van der Waals surface area contributed by atoms with Gasteiger partial charge < -0.3 is 13.9 Å². The van der Waals surface area contributed by atoms with Crippen LogP contribution >= 0.6 is 0 Å². The van der Waals surface area contributed by atoms with Crippen molar-refractivity contribution in [2.75, 3.05) is 7.11 Å². The largest absolute Gasteiger partial charge is 0.451 e. The lowest BCUT2D eigenvalue weighted by molar-refractivity contribution is -0.132. The number of rotatable bonds is 4. The molecule has 0 aromatic carbocycles. The van der Waals surface area contributed by atoms with Gasteiger partial charge in [0, 0.05) is 26.5 Å². The highest BCUT2D eigenvalue weighted by Crippen LogP contribution is 2.19. The Balaban J connectivity index is 3.50. The topological polar surface area (TPSA) is 82.8 Å². The van der Waals surface area contributed by atoms with Gasteiger partial charge >= 0.3 is 5.97 Å². The first-order chi connectivity index (χ1) is 8.38. The zero-order valence-corrected chi connectivity index (χ0v) is 10.7. The van der Waals surface area contributed by atoms with Gasteiger partial charge in [0.15, 0.2) is 5.78 Å². The molecule has 6 nitrogen and oxygen atoms in total. The fraction of sp³-hybridized carbons (Fsp3) is 0.417. The van der Waals surface area contributed by atoms with Crippen LogP contribution in [0.15, 0.2) is 9.21 Å². The van der Waals surface area contributed by atoms with Crippen LogP contribution in [0.5, 0.6) is 5.75 Å². The molecule has 0 bridgehead atoms. The predicted molar refractivity (Wildman–Crippen MR) is 61.7 cm³/mol. The van der Waals surface area contributed by atoms with Crippen molar-refractivity contribution in [1.82, 2.24) is 0 Å². The minimum atomic E-state index is -0.691. The van der Waals surface area contributed by atoms with Gasteiger partial charge in [0.1, 0.15) is 12.4 Å². The van der Waals surface area contributed by atoms with E-state index in [0.29, 0.717) is 0 Å². The number of ether oxygens (including phenoxy) is 2. The van der Waals surface area contributed by atoms with Crippen molar-refractivity contribution in [2.24, 2.45) is 0 Å². The first kappa shape index (κ1) is 14.1. The number of hydrogen-bond donors (Lipinski definition) is 0. The molecule has 6 heteroatoms. The Labute approximate surface area is 104 Å². The Morgan fingerprint density at radius 3 is 2.33 bits per heavy atom. The molecule has 0 spiro atoms. The zero-order valence-electron chi connectivity index (χ0n) is 10.7. The van der Waals surface area contributed by atoms with E-state index in [1.807, 2.05) is 0 Å². The van der Waals surface area contributed by atoms with Crippen LogP contribution in [0, 0.1) is 6.92 Å². The standard InChI is InChI=1S/C12H14O6/c1-6-9(5-16-4)18-11(7(2)13)12(10(6)15)17-8(3)14/h5H2,1-4H3. The number of ketones is 1. The molecular formula is C12H14O6. The number of methoxy groups -OCH3 is 1. The first-order valence-corrected chi connectivity index (χ1v) is 5.23. The number of hydrogen-bond acceptors (Lipinski definition) is 6. The molecule has 1 aromatic rings. The Morgan fingerprint density at radius 1 is 1.28 bits per heavy atom. The van der Waals surface area contributed by atoms with Crippen LogP contribution in [0.2, 0.25) is 0 Å². The lowest BCUT2D eigenvalue weighted by Gasteiger charge is -2.09. The van der Waals surface area contributed by atoms with Crippen molar-refractivity contribution in [3.05, 3.63) is 27.3 Å². The van der Waals surface area contributed by atoms with Crippen LogP contribution in [-0.4, -0.2) is 18.9 Å². The predicted octanol–water partition coefficient (Wildman–Crippen LogP) is 1.22. The molecule has 0 radical (unpaired) electrons. The lowest BCUT2D eigenvalue weighted by Crippen LogP contribution is -2.19. The molecule has 1 aromatic heterocycles. The van der Waals surface area contributed by atoms with Crippen molar-refractivity contribution in [3.63, 3.8) is 0 Å². The summed E-state index contributed by atoms with van der Waals surface area (Å²) in [6, 6.07) is 0. The molecule has 0 aliphatic heterocycles. The second-order valence-corrected chi connectivity index (χ2v) is 3.72. The maximum atomic E-state index is 12.0. The third kappa shape index (κ3) is 2.84. The molecule has 0 unspecified atom stereocenters. The van der Waals surface area contributed by atoms with Gasteiger partial charge in [-0.3, -0.25) is 14.4 Å². The van der Waals surface area contributed by atoms with E-state index in [4.69, 9.17) is 13.9 Å². The van der Waals surface area contributed by atoms with Crippen LogP contribution < -0.4 is 10.2 Å². The molecule has 0 N–H and O–H groups in total. The summed E-state index contributed by atoms with van der Waals surface area (Å²) in [5, 5.41) is 0. The number of Topliss-reactive ketones (excluding diaryl/α,β-unsaturated/α-hetero) is 1. The van der Waals surface area contributed by atoms with Crippen molar-refractivity contribution < 1.29 is 23.5 Å². The maximum absolute atomic E-state index is 12.0. The van der Waals surface area contributed by atoms with E-state index in [9.17, 15) is 14.4 Å². The van der Waals surface area contributed by atoms with E-state index in [0.717, 1.165) is 6.92 Å². The highest BCUT2D eigenvalue weighted by Gasteiger charge is 2.22. The second kappa shape index (κ2) is 5.59. The number of esters is 1. The van der Waals surface area contributed by atoms with Gasteiger partial charge in [-0.25, -0.2) is 0 Å².